The molecule has 0 atom stereocenters. The van der Waals surface area contributed by atoms with E-state index in [9.17, 15) is 10.1 Å². The first-order chi connectivity index (χ1) is 28.6. The third-order valence-electron chi connectivity index (χ3n) is 10.5. The number of benzene rings is 7. The van der Waals surface area contributed by atoms with E-state index >= 15 is 0 Å². The molecule has 0 aliphatic carbocycles. The zero-order valence-electron chi connectivity index (χ0n) is 31.1. The fraction of sp³-hybridized carbons (Fsp3) is 0. The molecule has 0 N–H and O–H groups in total. The summed E-state index contributed by atoms with van der Waals surface area (Å²) in [6, 6.07) is 61.7. The summed E-state index contributed by atoms with van der Waals surface area (Å²) in [7, 11) is 0. The number of nitro groups is 1. The van der Waals surface area contributed by atoms with Gasteiger partial charge in [-0.1, -0.05) is 110 Å². The molecule has 10 aromatic rings. The molecule has 0 radical (unpaired) electrons. The summed E-state index contributed by atoms with van der Waals surface area (Å²) >= 11 is 3.23. The average Bonchev–Trinajstić information content (AvgIpc) is 3.97. The fourth-order valence-corrected chi connectivity index (χ4v) is 10.2. The molecule has 58 heavy (non-hydrogen) atoms. The van der Waals surface area contributed by atoms with Gasteiger partial charge < -0.3 is 9.47 Å². The SMILES string of the molecule is C=C/C=C(\Sn1c2ccccc2c2c([N+](=O)[O-])c(-c3ccc4c(c3)c3ccccc3n4-c3ccccc3)ccc21)c1ccc(N(c2ccccc2)c2ccccc2)s1. The molecule has 0 bridgehead atoms. The van der Waals surface area contributed by atoms with Crippen molar-refractivity contribution in [2.75, 3.05) is 4.90 Å². The molecule has 3 heterocycles. The third kappa shape index (κ3) is 5.98. The number of fused-ring (bicyclic) bond motifs is 6. The highest BCUT2D eigenvalue weighted by molar-refractivity contribution is 8.07. The summed E-state index contributed by atoms with van der Waals surface area (Å²) in [6.45, 7) is 4.06. The van der Waals surface area contributed by atoms with Crippen LogP contribution in [0.5, 0.6) is 0 Å². The smallest absolute Gasteiger partial charge is 0.287 e. The van der Waals surface area contributed by atoms with Crippen LogP contribution in [0, 0.1) is 10.1 Å². The third-order valence-corrected chi connectivity index (χ3v) is 12.9. The summed E-state index contributed by atoms with van der Waals surface area (Å²) in [6.07, 6.45) is 3.81. The lowest BCUT2D eigenvalue weighted by molar-refractivity contribution is -0.382. The minimum atomic E-state index is -0.218. The Kier molecular flexibility index (Phi) is 8.97. The van der Waals surface area contributed by atoms with Crippen molar-refractivity contribution in [2.45, 2.75) is 0 Å². The maximum Gasteiger partial charge on any atom is 0.287 e. The molecule has 0 saturated carbocycles. The van der Waals surface area contributed by atoms with E-state index < -0.39 is 0 Å². The molecule has 8 heteroatoms. The summed E-state index contributed by atoms with van der Waals surface area (Å²) in [5.74, 6) is 0. The average molecular weight is 787 g/mol. The van der Waals surface area contributed by atoms with Crippen LogP contribution in [0.1, 0.15) is 4.88 Å². The summed E-state index contributed by atoms with van der Waals surface area (Å²) < 4.78 is 4.38. The first-order valence-electron chi connectivity index (χ1n) is 18.9. The van der Waals surface area contributed by atoms with Gasteiger partial charge in [0.1, 0.15) is 5.00 Å². The van der Waals surface area contributed by atoms with Crippen LogP contribution < -0.4 is 4.90 Å². The van der Waals surface area contributed by atoms with Gasteiger partial charge in [0.25, 0.3) is 5.69 Å². The topological polar surface area (TPSA) is 56.2 Å². The van der Waals surface area contributed by atoms with E-state index in [0.717, 1.165) is 75.6 Å². The van der Waals surface area contributed by atoms with Gasteiger partial charge in [-0.15, -0.1) is 11.3 Å². The van der Waals surface area contributed by atoms with Crippen molar-refractivity contribution >= 4 is 93.9 Å². The highest BCUT2D eigenvalue weighted by Crippen LogP contribution is 2.48. The molecule has 0 fully saturated rings. The molecule has 0 spiro atoms. The second-order valence-corrected chi connectivity index (χ2v) is 15.9. The van der Waals surface area contributed by atoms with Gasteiger partial charge in [0.2, 0.25) is 0 Å². The highest BCUT2D eigenvalue weighted by atomic mass is 32.2. The Bertz CT molecular complexity index is 3160. The van der Waals surface area contributed by atoms with E-state index in [1.54, 1.807) is 29.4 Å². The number of thiophene rings is 1. The van der Waals surface area contributed by atoms with Crippen LogP contribution in [0.2, 0.25) is 0 Å². The zero-order chi connectivity index (χ0) is 39.2. The van der Waals surface area contributed by atoms with E-state index in [4.69, 9.17) is 0 Å². The lowest BCUT2D eigenvalue weighted by Gasteiger charge is -2.23. The lowest BCUT2D eigenvalue weighted by Crippen LogP contribution is -2.07. The maximum atomic E-state index is 13.3. The van der Waals surface area contributed by atoms with Gasteiger partial charge in [-0.3, -0.25) is 14.1 Å². The standard InChI is InChI=1S/C50H34N4O2S2/c1-2-16-47(46-31-32-48(57-46)51(35-17-6-3-7-18-35)36-19-8-4-9-20-36)58-53-44-26-15-13-24-40(44)49-45(53)30-28-38(50(49)54(55)56)34-27-29-43-41(33-34)39-23-12-14-25-42(39)52(43)37-21-10-5-11-22-37/h2-33H,1H2/b47-16-. The van der Waals surface area contributed by atoms with Crippen LogP contribution in [0.15, 0.2) is 201 Å². The Balaban J connectivity index is 1.10. The second kappa shape index (κ2) is 14.7. The Morgan fingerprint density at radius 2 is 1.24 bits per heavy atom. The molecule has 0 unspecified atom stereocenters. The first kappa shape index (κ1) is 35.3. The van der Waals surface area contributed by atoms with Gasteiger partial charge in [0, 0.05) is 43.0 Å². The largest absolute Gasteiger partial charge is 0.309 e. The van der Waals surface area contributed by atoms with E-state index in [2.05, 4.69) is 92.8 Å². The predicted molar refractivity (Wildman–Crippen MR) is 246 cm³/mol. The van der Waals surface area contributed by atoms with Gasteiger partial charge in [0.05, 0.1) is 37.9 Å². The number of para-hydroxylation sites is 5. The Hall–Kier alpha value is -7.13. The van der Waals surface area contributed by atoms with Crippen molar-refractivity contribution in [1.29, 1.82) is 0 Å². The fourth-order valence-electron chi connectivity index (χ4n) is 8.02. The molecule has 0 saturated heterocycles. The maximum absolute atomic E-state index is 13.3. The molecule has 3 aromatic heterocycles. The lowest BCUT2D eigenvalue weighted by atomic mass is 9.98. The first-order valence-corrected chi connectivity index (χ1v) is 20.5. The van der Waals surface area contributed by atoms with Crippen molar-refractivity contribution in [1.82, 2.24) is 8.54 Å². The van der Waals surface area contributed by atoms with Gasteiger partial charge in [-0.2, -0.15) is 0 Å². The van der Waals surface area contributed by atoms with E-state index in [1.165, 1.54) is 0 Å². The Morgan fingerprint density at radius 1 is 0.638 bits per heavy atom. The zero-order valence-corrected chi connectivity index (χ0v) is 32.7. The van der Waals surface area contributed by atoms with Crippen molar-refractivity contribution in [3.05, 3.63) is 216 Å². The van der Waals surface area contributed by atoms with Crippen LogP contribution in [0.3, 0.4) is 0 Å². The molecule has 0 aliphatic rings. The normalized spacial score (nSPS) is 11.8. The van der Waals surface area contributed by atoms with Crippen LogP contribution in [0.25, 0.3) is 65.3 Å². The number of allylic oxidation sites excluding steroid dienone is 2. The monoisotopic (exact) mass is 786 g/mol. The van der Waals surface area contributed by atoms with Crippen molar-refractivity contribution in [3.63, 3.8) is 0 Å². The van der Waals surface area contributed by atoms with Gasteiger partial charge in [-0.05, 0) is 109 Å². The molecular formula is C50H34N4O2S2. The van der Waals surface area contributed by atoms with Crippen LogP contribution in [-0.2, 0) is 0 Å². The van der Waals surface area contributed by atoms with E-state index in [0.29, 0.717) is 10.9 Å². The van der Waals surface area contributed by atoms with Crippen LogP contribution in [0.4, 0.5) is 22.1 Å². The van der Waals surface area contributed by atoms with Crippen LogP contribution >= 0.6 is 23.3 Å². The molecule has 6 nitrogen and oxygen atoms in total. The highest BCUT2D eigenvalue weighted by Gasteiger charge is 2.27. The van der Waals surface area contributed by atoms with Crippen molar-refractivity contribution in [2.24, 2.45) is 0 Å². The number of nitro benzene ring substituents is 1. The second-order valence-electron chi connectivity index (χ2n) is 13.8. The Labute approximate surface area is 343 Å². The molecule has 278 valence electrons. The summed E-state index contributed by atoms with van der Waals surface area (Å²) in [4.78, 5) is 17.4. The van der Waals surface area contributed by atoms with Gasteiger partial charge >= 0.3 is 0 Å². The minimum absolute atomic E-state index is 0.0909. The van der Waals surface area contributed by atoms with E-state index in [-0.39, 0.29) is 10.6 Å². The van der Waals surface area contributed by atoms with Crippen molar-refractivity contribution in [3.8, 4) is 16.8 Å². The van der Waals surface area contributed by atoms with Crippen molar-refractivity contribution < 1.29 is 4.92 Å². The Morgan fingerprint density at radius 3 is 1.93 bits per heavy atom. The van der Waals surface area contributed by atoms with E-state index in [1.807, 2.05) is 115 Å². The van der Waals surface area contributed by atoms with Gasteiger partial charge in [-0.25, -0.2) is 0 Å². The number of anilines is 3. The molecule has 7 aromatic carbocycles. The number of rotatable bonds is 10. The minimum Gasteiger partial charge on any atom is -0.309 e. The predicted octanol–water partition coefficient (Wildman–Crippen LogP) is 14.7. The molecule has 0 amide bonds. The van der Waals surface area contributed by atoms with Gasteiger partial charge in [0.15, 0.2) is 0 Å². The summed E-state index contributed by atoms with van der Waals surface area (Å²) in [5, 5.41) is 18.0. The number of hydrogen-bond donors (Lipinski definition) is 0. The summed E-state index contributed by atoms with van der Waals surface area (Å²) in [5.41, 5.74) is 8.45. The quantitative estimate of drug-likeness (QED) is 0.0787. The van der Waals surface area contributed by atoms with Crippen LogP contribution in [-0.4, -0.2) is 13.5 Å². The number of nitrogens with zero attached hydrogens (tertiary/aromatic N) is 4. The molecule has 0 aliphatic heterocycles. The number of hydrogen-bond acceptors (Lipinski definition) is 5. The number of aromatic nitrogens is 2. The molecular weight excluding hydrogens is 753 g/mol. The molecule has 10 rings (SSSR count).